The monoisotopic (exact) mass is 218 g/mol. The van der Waals surface area contributed by atoms with Crippen molar-refractivity contribution >= 4 is 0 Å². The smallest absolute Gasteiger partial charge is 0.296 e. The molecule has 1 aromatic carbocycles. The number of nitrogens with zero attached hydrogens (tertiary/aromatic N) is 1. The van der Waals surface area contributed by atoms with Gasteiger partial charge >= 0.3 is 5.76 Å². The minimum Gasteiger partial charge on any atom is -0.296 e. The van der Waals surface area contributed by atoms with Crippen molar-refractivity contribution in [3.8, 4) is 11.4 Å². The van der Waals surface area contributed by atoms with Gasteiger partial charge in [0.25, 0.3) is 0 Å². The Bertz CT molecular complexity index is 508. The molecule has 0 aliphatic carbocycles. The van der Waals surface area contributed by atoms with E-state index in [1.165, 1.54) is 5.56 Å². The van der Waals surface area contributed by atoms with Crippen molar-refractivity contribution in [1.29, 1.82) is 0 Å². The maximum absolute atomic E-state index is 10.8. The van der Waals surface area contributed by atoms with E-state index in [0.29, 0.717) is 11.7 Å². The van der Waals surface area contributed by atoms with E-state index in [2.05, 4.69) is 28.5 Å². The summed E-state index contributed by atoms with van der Waals surface area (Å²) >= 11 is 0. The molecule has 0 fully saturated rings. The summed E-state index contributed by atoms with van der Waals surface area (Å²) in [5.74, 6) is 0.583. The molecule has 0 saturated heterocycles. The van der Waals surface area contributed by atoms with E-state index in [9.17, 15) is 4.79 Å². The van der Waals surface area contributed by atoms with Gasteiger partial charge in [-0.2, -0.15) is 0 Å². The molecule has 2 aromatic rings. The molecule has 0 radical (unpaired) electrons. The Balaban J connectivity index is 2.22. The lowest BCUT2D eigenvalue weighted by molar-refractivity contribution is 0.388. The Hall–Kier alpha value is -1.84. The highest BCUT2D eigenvalue weighted by molar-refractivity contribution is 5.54. The van der Waals surface area contributed by atoms with Gasteiger partial charge in [-0.1, -0.05) is 43.3 Å². The maximum atomic E-state index is 10.8. The lowest BCUT2D eigenvalue weighted by atomic mass is 10.0. The fourth-order valence-electron chi connectivity index (χ4n) is 1.62. The molecule has 16 heavy (non-hydrogen) atoms. The molecule has 1 N–H and O–H groups in total. The Morgan fingerprint density at radius 3 is 2.50 bits per heavy atom. The highest BCUT2D eigenvalue weighted by Crippen LogP contribution is 2.16. The zero-order valence-electron chi connectivity index (χ0n) is 9.36. The summed E-state index contributed by atoms with van der Waals surface area (Å²) in [7, 11) is 0. The van der Waals surface area contributed by atoms with E-state index in [0.717, 1.165) is 12.0 Å². The van der Waals surface area contributed by atoms with Crippen LogP contribution in [0, 0.1) is 5.92 Å². The second kappa shape index (κ2) is 4.35. The van der Waals surface area contributed by atoms with E-state index in [1.807, 2.05) is 24.3 Å². The molecule has 0 amide bonds. The van der Waals surface area contributed by atoms with Crippen LogP contribution in [0.1, 0.15) is 19.4 Å². The molecule has 0 saturated carbocycles. The summed E-state index contributed by atoms with van der Waals surface area (Å²) < 4.78 is 4.45. The SMILES string of the molecule is CC(C)Cc1ccc(-c2noc(=O)[nH]2)cc1. The first-order valence-corrected chi connectivity index (χ1v) is 5.30. The van der Waals surface area contributed by atoms with Crippen LogP contribution in [0.3, 0.4) is 0 Å². The Morgan fingerprint density at radius 2 is 2.00 bits per heavy atom. The Morgan fingerprint density at radius 1 is 1.31 bits per heavy atom. The fraction of sp³-hybridized carbons (Fsp3) is 0.333. The quantitative estimate of drug-likeness (QED) is 0.859. The summed E-state index contributed by atoms with van der Waals surface area (Å²) in [5.41, 5.74) is 2.14. The van der Waals surface area contributed by atoms with Crippen LogP contribution in [0.25, 0.3) is 11.4 Å². The molecule has 0 bridgehead atoms. The van der Waals surface area contributed by atoms with Crippen molar-refractivity contribution in [2.24, 2.45) is 5.92 Å². The van der Waals surface area contributed by atoms with E-state index in [-0.39, 0.29) is 0 Å². The molecule has 0 aliphatic heterocycles. The van der Waals surface area contributed by atoms with Crippen LogP contribution < -0.4 is 5.76 Å². The van der Waals surface area contributed by atoms with E-state index >= 15 is 0 Å². The van der Waals surface area contributed by atoms with Gasteiger partial charge in [0.05, 0.1) is 0 Å². The Kier molecular flexibility index (Phi) is 2.90. The Labute approximate surface area is 93.3 Å². The van der Waals surface area contributed by atoms with Gasteiger partial charge in [0.1, 0.15) is 0 Å². The molecule has 0 aliphatic rings. The summed E-state index contributed by atoms with van der Waals surface area (Å²) in [6, 6.07) is 7.96. The topological polar surface area (TPSA) is 58.9 Å². The van der Waals surface area contributed by atoms with Crippen molar-refractivity contribution in [2.75, 3.05) is 0 Å². The number of hydrogen-bond acceptors (Lipinski definition) is 3. The number of hydrogen-bond donors (Lipinski definition) is 1. The zero-order chi connectivity index (χ0) is 11.5. The van der Waals surface area contributed by atoms with Gasteiger partial charge in [-0.15, -0.1) is 0 Å². The van der Waals surface area contributed by atoms with Crippen LogP contribution in [0.2, 0.25) is 0 Å². The molecule has 0 spiro atoms. The molecule has 84 valence electrons. The lowest BCUT2D eigenvalue weighted by Gasteiger charge is -2.04. The van der Waals surface area contributed by atoms with E-state index < -0.39 is 5.76 Å². The molecule has 4 heteroatoms. The highest BCUT2D eigenvalue weighted by atomic mass is 16.5. The van der Waals surface area contributed by atoms with Crippen molar-refractivity contribution < 1.29 is 4.52 Å². The predicted molar refractivity (Wildman–Crippen MR) is 61.1 cm³/mol. The van der Waals surface area contributed by atoms with Crippen LogP contribution in [0.15, 0.2) is 33.6 Å². The largest absolute Gasteiger partial charge is 0.439 e. The van der Waals surface area contributed by atoms with Gasteiger partial charge in [0, 0.05) is 5.56 Å². The molecular weight excluding hydrogens is 204 g/mol. The number of aromatic amines is 1. The van der Waals surface area contributed by atoms with Crippen molar-refractivity contribution in [3.63, 3.8) is 0 Å². The summed E-state index contributed by atoms with van der Waals surface area (Å²) in [6.07, 6.45) is 1.05. The summed E-state index contributed by atoms with van der Waals surface area (Å²) in [6.45, 7) is 4.37. The number of nitrogens with one attached hydrogen (secondary N) is 1. The van der Waals surface area contributed by atoms with Gasteiger partial charge < -0.3 is 0 Å². The van der Waals surface area contributed by atoms with Gasteiger partial charge in [0.2, 0.25) is 0 Å². The third-order valence-corrected chi connectivity index (χ3v) is 2.31. The van der Waals surface area contributed by atoms with Crippen molar-refractivity contribution in [3.05, 3.63) is 40.4 Å². The van der Waals surface area contributed by atoms with E-state index in [4.69, 9.17) is 0 Å². The van der Waals surface area contributed by atoms with Gasteiger partial charge in [0.15, 0.2) is 5.82 Å². The third-order valence-electron chi connectivity index (χ3n) is 2.31. The molecule has 1 heterocycles. The van der Waals surface area contributed by atoms with Crippen LogP contribution >= 0.6 is 0 Å². The van der Waals surface area contributed by atoms with Gasteiger partial charge in [-0.25, -0.2) is 4.79 Å². The first-order valence-electron chi connectivity index (χ1n) is 5.30. The lowest BCUT2D eigenvalue weighted by Crippen LogP contribution is -1.95. The predicted octanol–water partition coefficient (Wildman–Crippen LogP) is 2.23. The second-order valence-electron chi connectivity index (χ2n) is 4.24. The summed E-state index contributed by atoms with van der Waals surface area (Å²) in [4.78, 5) is 13.3. The molecule has 1 aromatic heterocycles. The highest BCUT2D eigenvalue weighted by Gasteiger charge is 2.04. The fourth-order valence-corrected chi connectivity index (χ4v) is 1.62. The van der Waals surface area contributed by atoms with Crippen LogP contribution in [0.5, 0.6) is 0 Å². The van der Waals surface area contributed by atoms with Gasteiger partial charge in [-0.05, 0) is 17.9 Å². The number of benzene rings is 1. The molecule has 4 nitrogen and oxygen atoms in total. The second-order valence-corrected chi connectivity index (χ2v) is 4.24. The average molecular weight is 218 g/mol. The van der Waals surface area contributed by atoms with E-state index in [1.54, 1.807) is 0 Å². The molecule has 0 unspecified atom stereocenters. The van der Waals surface area contributed by atoms with Crippen LogP contribution in [0.4, 0.5) is 0 Å². The third kappa shape index (κ3) is 2.39. The first-order chi connectivity index (χ1) is 7.65. The minimum atomic E-state index is -0.527. The molecular formula is C12H14N2O2. The number of H-pyrrole nitrogens is 1. The van der Waals surface area contributed by atoms with Crippen LogP contribution in [-0.4, -0.2) is 10.1 Å². The first kappa shape index (κ1) is 10.7. The standard InChI is InChI=1S/C12H14N2O2/c1-8(2)7-9-3-5-10(6-4-9)11-13-12(15)16-14-11/h3-6,8H,7H2,1-2H3,(H,13,14,15). The normalized spacial score (nSPS) is 10.9. The number of aromatic nitrogens is 2. The summed E-state index contributed by atoms with van der Waals surface area (Å²) in [5, 5.41) is 3.63. The molecule has 0 atom stereocenters. The number of rotatable bonds is 3. The van der Waals surface area contributed by atoms with Crippen molar-refractivity contribution in [1.82, 2.24) is 10.1 Å². The molecule has 2 rings (SSSR count). The average Bonchev–Trinajstić information content (AvgIpc) is 2.65. The zero-order valence-corrected chi connectivity index (χ0v) is 9.36. The maximum Gasteiger partial charge on any atom is 0.439 e. The van der Waals surface area contributed by atoms with Gasteiger partial charge in [-0.3, -0.25) is 9.51 Å². The minimum absolute atomic E-state index is 0.473. The van der Waals surface area contributed by atoms with Crippen LogP contribution in [-0.2, 0) is 6.42 Å². The van der Waals surface area contributed by atoms with Crippen molar-refractivity contribution in [2.45, 2.75) is 20.3 Å².